The summed E-state index contributed by atoms with van der Waals surface area (Å²) in [5, 5.41) is 2.86. The number of nitrogens with zero attached hydrogens (tertiary/aromatic N) is 2. The van der Waals surface area contributed by atoms with E-state index in [0.29, 0.717) is 16.7 Å². The van der Waals surface area contributed by atoms with Gasteiger partial charge in [0.1, 0.15) is 12.6 Å². The zero-order chi connectivity index (χ0) is 24.8. The van der Waals surface area contributed by atoms with Gasteiger partial charge >= 0.3 is 0 Å². The van der Waals surface area contributed by atoms with E-state index in [1.807, 2.05) is 38.1 Å². The molecule has 2 aromatic rings. The van der Waals surface area contributed by atoms with Gasteiger partial charge in [-0.25, -0.2) is 8.42 Å². The van der Waals surface area contributed by atoms with Crippen molar-refractivity contribution in [3.63, 3.8) is 0 Å². The van der Waals surface area contributed by atoms with Crippen LogP contribution in [-0.4, -0.2) is 50.5 Å². The summed E-state index contributed by atoms with van der Waals surface area (Å²) in [7, 11) is -3.77. The molecule has 10 heteroatoms. The Balaban J connectivity index is 2.38. The number of nitrogens with one attached hydrogen (secondary N) is 1. The highest BCUT2D eigenvalue weighted by Gasteiger charge is 2.30. The number of para-hydroxylation sites is 1. The molecule has 180 valence electrons. The van der Waals surface area contributed by atoms with E-state index in [-0.39, 0.29) is 18.4 Å². The predicted molar refractivity (Wildman–Crippen MR) is 138 cm³/mol. The third kappa shape index (κ3) is 8.12. The Labute approximate surface area is 212 Å². The van der Waals surface area contributed by atoms with Gasteiger partial charge in [0.25, 0.3) is 0 Å². The standard InChI is InChI=1S/C23H29Br2N3O4S/c1-16(2)13-26-23(30)17(3)27(14-18-8-7-9-19(24)12-18)22(29)15-28(33(4,31)32)21-11-6-5-10-20(21)25/h5-12,16-17H,13-15H2,1-4H3,(H,26,30)/t17-/m0/s1. The lowest BCUT2D eigenvalue weighted by atomic mass is 10.1. The number of hydrogen-bond donors (Lipinski definition) is 1. The Morgan fingerprint density at radius 1 is 1.03 bits per heavy atom. The van der Waals surface area contributed by atoms with Crippen LogP contribution in [0.4, 0.5) is 5.69 Å². The van der Waals surface area contributed by atoms with E-state index in [4.69, 9.17) is 0 Å². The molecule has 0 radical (unpaired) electrons. The molecule has 0 aromatic heterocycles. The first kappa shape index (κ1) is 27.3. The van der Waals surface area contributed by atoms with Gasteiger partial charge in [-0.3, -0.25) is 13.9 Å². The van der Waals surface area contributed by atoms with Gasteiger partial charge in [-0.05, 0) is 58.6 Å². The number of halogens is 2. The van der Waals surface area contributed by atoms with E-state index in [1.165, 1.54) is 4.90 Å². The Morgan fingerprint density at radius 3 is 2.27 bits per heavy atom. The second-order valence-electron chi connectivity index (χ2n) is 8.19. The topological polar surface area (TPSA) is 86.8 Å². The zero-order valence-corrected chi connectivity index (χ0v) is 23.1. The normalized spacial score (nSPS) is 12.3. The third-order valence-electron chi connectivity index (χ3n) is 4.89. The van der Waals surface area contributed by atoms with Crippen molar-refractivity contribution in [1.82, 2.24) is 10.2 Å². The minimum atomic E-state index is -3.77. The summed E-state index contributed by atoms with van der Waals surface area (Å²) >= 11 is 6.79. The summed E-state index contributed by atoms with van der Waals surface area (Å²) in [6.45, 7) is 5.82. The van der Waals surface area contributed by atoms with Crippen molar-refractivity contribution in [2.24, 2.45) is 5.92 Å². The number of carbonyl (C=O) groups is 2. The molecule has 0 aliphatic carbocycles. The molecule has 2 aromatic carbocycles. The van der Waals surface area contributed by atoms with Crippen molar-refractivity contribution in [2.75, 3.05) is 23.7 Å². The van der Waals surface area contributed by atoms with Gasteiger partial charge in [-0.2, -0.15) is 0 Å². The highest BCUT2D eigenvalue weighted by Crippen LogP contribution is 2.28. The van der Waals surface area contributed by atoms with Gasteiger partial charge < -0.3 is 10.2 Å². The van der Waals surface area contributed by atoms with E-state index in [1.54, 1.807) is 31.2 Å². The van der Waals surface area contributed by atoms with Gasteiger partial charge in [0.2, 0.25) is 21.8 Å². The van der Waals surface area contributed by atoms with Crippen LogP contribution in [-0.2, 0) is 26.2 Å². The van der Waals surface area contributed by atoms with Crippen LogP contribution in [0.15, 0.2) is 57.5 Å². The van der Waals surface area contributed by atoms with Crippen molar-refractivity contribution in [3.8, 4) is 0 Å². The van der Waals surface area contributed by atoms with Crippen LogP contribution < -0.4 is 9.62 Å². The number of carbonyl (C=O) groups excluding carboxylic acids is 2. The molecule has 0 fully saturated rings. The molecule has 0 saturated carbocycles. The van der Waals surface area contributed by atoms with Crippen LogP contribution in [0.2, 0.25) is 0 Å². The summed E-state index contributed by atoms with van der Waals surface area (Å²) in [5.41, 5.74) is 1.17. The fourth-order valence-electron chi connectivity index (χ4n) is 3.12. The predicted octanol–water partition coefficient (Wildman–Crippen LogP) is 4.17. The van der Waals surface area contributed by atoms with Crippen LogP contribution in [0.5, 0.6) is 0 Å². The van der Waals surface area contributed by atoms with Gasteiger partial charge in [-0.15, -0.1) is 0 Å². The van der Waals surface area contributed by atoms with E-state index in [0.717, 1.165) is 20.6 Å². The number of hydrogen-bond acceptors (Lipinski definition) is 4. The lowest BCUT2D eigenvalue weighted by Crippen LogP contribution is -2.51. The molecule has 2 amide bonds. The Morgan fingerprint density at radius 2 is 1.70 bits per heavy atom. The second kappa shape index (κ2) is 12.0. The molecule has 0 heterocycles. The first-order chi connectivity index (χ1) is 15.4. The maximum Gasteiger partial charge on any atom is 0.244 e. The number of rotatable bonds is 10. The maximum atomic E-state index is 13.5. The van der Waals surface area contributed by atoms with Gasteiger partial charge in [0, 0.05) is 22.0 Å². The Bertz CT molecular complexity index is 1090. The fourth-order valence-corrected chi connectivity index (χ4v) is 5.04. The number of sulfonamides is 1. The van der Waals surface area contributed by atoms with Gasteiger partial charge in [0.15, 0.2) is 0 Å². The van der Waals surface area contributed by atoms with Crippen LogP contribution >= 0.6 is 31.9 Å². The third-order valence-corrected chi connectivity index (χ3v) is 7.18. The molecule has 0 aliphatic rings. The SMILES string of the molecule is CC(C)CNC(=O)[C@H](C)N(Cc1cccc(Br)c1)C(=O)CN(c1ccccc1Br)S(C)(=O)=O. The lowest BCUT2D eigenvalue weighted by Gasteiger charge is -2.32. The van der Waals surface area contributed by atoms with Gasteiger partial charge in [0.05, 0.1) is 11.9 Å². The van der Waals surface area contributed by atoms with Crippen LogP contribution in [0, 0.1) is 5.92 Å². The molecule has 1 atom stereocenters. The van der Waals surface area contributed by atoms with Crippen LogP contribution in [0.3, 0.4) is 0 Å². The highest BCUT2D eigenvalue weighted by molar-refractivity contribution is 9.10. The summed E-state index contributed by atoms with van der Waals surface area (Å²) in [6.07, 6.45) is 1.05. The molecular formula is C23H29Br2N3O4S. The minimum absolute atomic E-state index is 0.155. The molecule has 33 heavy (non-hydrogen) atoms. The van der Waals surface area contributed by atoms with E-state index >= 15 is 0 Å². The van der Waals surface area contributed by atoms with Crippen LogP contribution in [0.1, 0.15) is 26.3 Å². The lowest BCUT2D eigenvalue weighted by molar-refractivity contribution is -0.139. The number of benzene rings is 2. The Hall–Kier alpha value is -1.91. The second-order valence-corrected chi connectivity index (χ2v) is 11.9. The summed E-state index contributed by atoms with van der Waals surface area (Å²) in [6, 6.07) is 13.4. The fraction of sp³-hybridized carbons (Fsp3) is 0.391. The largest absolute Gasteiger partial charge is 0.354 e. The molecule has 0 bridgehead atoms. The molecule has 0 spiro atoms. The van der Waals surface area contributed by atoms with E-state index in [9.17, 15) is 18.0 Å². The quantitative estimate of drug-likeness (QED) is 0.442. The molecule has 7 nitrogen and oxygen atoms in total. The molecule has 2 rings (SSSR count). The monoisotopic (exact) mass is 601 g/mol. The van der Waals surface area contributed by atoms with Crippen LogP contribution in [0.25, 0.3) is 0 Å². The summed E-state index contributed by atoms with van der Waals surface area (Å²) < 4.78 is 27.6. The number of anilines is 1. The van der Waals surface area contributed by atoms with Crippen molar-refractivity contribution >= 4 is 59.4 Å². The van der Waals surface area contributed by atoms with E-state index < -0.39 is 28.5 Å². The first-order valence-electron chi connectivity index (χ1n) is 10.4. The van der Waals surface area contributed by atoms with E-state index in [2.05, 4.69) is 37.2 Å². The Kier molecular flexibility index (Phi) is 9.93. The number of amides is 2. The summed E-state index contributed by atoms with van der Waals surface area (Å²) in [4.78, 5) is 27.7. The first-order valence-corrected chi connectivity index (χ1v) is 13.9. The molecule has 0 unspecified atom stereocenters. The van der Waals surface area contributed by atoms with Crippen molar-refractivity contribution in [1.29, 1.82) is 0 Å². The van der Waals surface area contributed by atoms with Crippen molar-refractivity contribution < 1.29 is 18.0 Å². The molecule has 1 N–H and O–H groups in total. The smallest absolute Gasteiger partial charge is 0.244 e. The van der Waals surface area contributed by atoms with Gasteiger partial charge in [-0.1, -0.05) is 54.0 Å². The molecular weight excluding hydrogens is 574 g/mol. The minimum Gasteiger partial charge on any atom is -0.354 e. The summed E-state index contributed by atoms with van der Waals surface area (Å²) in [5.74, 6) is -0.520. The molecule has 0 saturated heterocycles. The average molecular weight is 603 g/mol. The average Bonchev–Trinajstić information content (AvgIpc) is 2.73. The van der Waals surface area contributed by atoms with Crippen molar-refractivity contribution in [2.45, 2.75) is 33.4 Å². The zero-order valence-electron chi connectivity index (χ0n) is 19.1. The maximum absolute atomic E-state index is 13.5. The highest BCUT2D eigenvalue weighted by atomic mass is 79.9. The molecule has 0 aliphatic heterocycles. The van der Waals surface area contributed by atoms with Crippen molar-refractivity contribution in [3.05, 3.63) is 63.0 Å².